The second kappa shape index (κ2) is 4.94. The molecular weight excluding hydrogens is 164 g/mol. The Morgan fingerprint density at radius 1 is 1.62 bits per heavy atom. The van der Waals surface area contributed by atoms with E-state index in [4.69, 9.17) is 5.84 Å². The molecule has 0 aliphatic heterocycles. The zero-order chi connectivity index (χ0) is 9.68. The Hall–Kier alpha value is -0.930. The molecule has 0 fully saturated rings. The van der Waals surface area contributed by atoms with Gasteiger partial charge in [-0.05, 0) is 19.8 Å². The fourth-order valence-electron chi connectivity index (χ4n) is 1.47. The van der Waals surface area contributed by atoms with Gasteiger partial charge in [-0.2, -0.15) is 0 Å². The van der Waals surface area contributed by atoms with Crippen molar-refractivity contribution in [3.63, 3.8) is 0 Å². The van der Waals surface area contributed by atoms with Crippen LogP contribution in [-0.4, -0.2) is 12.3 Å². The van der Waals surface area contributed by atoms with E-state index in [1.54, 1.807) is 0 Å². The van der Waals surface area contributed by atoms with Gasteiger partial charge in [-0.3, -0.25) is 11.3 Å². The van der Waals surface area contributed by atoms with Crippen LogP contribution < -0.4 is 11.3 Å². The van der Waals surface area contributed by atoms with E-state index in [1.165, 1.54) is 11.1 Å². The molecule has 0 aromatic rings. The summed E-state index contributed by atoms with van der Waals surface area (Å²) >= 11 is 0. The van der Waals surface area contributed by atoms with Gasteiger partial charge >= 0.3 is 0 Å². The van der Waals surface area contributed by atoms with Crippen molar-refractivity contribution in [3.05, 3.63) is 23.3 Å². The average Bonchev–Trinajstić information content (AvgIpc) is 2.16. The predicted octanol–water partition coefficient (Wildman–Crippen LogP) is 1.07. The lowest BCUT2D eigenvalue weighted by molar-refractivity contribution is -0.108. The highest BCUT2D eigenvalue weighted by molar-refractivity contribution is 5.52. The summed E-state index contributed by atoms with van der Waals surface area (Å²) in [4.78, 5) is 10.3. The highest BCUT2D eigenvalue weighted by atomic mass is 16.1. The number of nitrogens with one attached hydrogen (secondary N) is 1. The maximum atomic E-state index is 10.3. The molecular formula is C10H16N2O. The van der Waals surface area contributed by atoms with Gasteiger partial charge in [0.05, 0.1) is 0 Å². The molecule has 3 N–H and O–H groups in total. The van der Waals surface area contributed by atoms with Crippen LogP contribution in [0.15, 0.2) is 23.3 Å². The zero-order valence-electron chi connectivity index (χ0n) is 7.92. The smallest absolute Gasteiger partial charge is 0.121 e. The molecule has 3 heteroatoms. The zero-order valence-corrected chi connectivity index (χ0v) is 7.92. The Morgan fingerprint density at radius 3 is 2.85 bits per heavy atom. The lowest BCUT2D eigenvalue weighted by Gasteiger charge is -2.19. The van der Waals surface area contributed by atoms with Crippen LogP contribution in [0.3, 0.4) is 0 Å². The monoisotopic (exact) mass is 180 g/mol. The molecule has 1 unspecified atom stereocenters. The summed E-state index contributed by atoms with van der Waals surface area (Å²) in [5, 5.41) is 0. The van der Waals surface area contributed by atoms with E-state index in [0.29, 0.717) is 6.42 Å². The highest BCUT2D eigenvalue weighted by Gasteiger charge is 2.13. The van der Waals surface area contributed by atoms with Crippen molar-refractivity contribution in [1.82, 2.24) is 5.43 Å². The molecule has 1 rings (SSSR count). The van der Waals surface area contributed by atoms with Gasteiger partial charge in [-0.25, -0.2) is 0 Å². The maximum Gasteiger partial charge on any atom is 0.121 e. The van der Waals surface area contributed by atoms with Crippen molar-refractivity contribution in [2.75, 3.05) is 0 Å². The van der Waals surface area contributed by atoms with Crippen molar-refractivity contribution < 1.29 is 4.79 Å². The molecule has 72 valence electrons. The Morgan fingerprint density at radius 2 is 2.38 bits per heavy atom. The highest BCUT2D eigenvalue weighted by Crippen LogP contribution is 2.20. The van der Waals surface area contributed by atoms with Crippen molar-refractivity contribution in [2.24, 2.45) is 5.84 Å². The van der Waals surface area contributed by atoms with Crippen LogP contribution in [-0.2, 0) is 4.79 Å². The first kappa shape index (κ1) is 10.2. The van der Waals surface area contributed by atoms with Gasteiger partial charge in [0.2, 0.25) is 0 Å². The number of nitrogens with two attached hydrogens (primary N) is 1. The maximum absolute atomic E-state index is 10.3. The van der Waals surface area contributed by atoms with Crippen LogP contribution in [0.4, 0.5) is 0 Å². The Kier molecular flexibility index (Phi) is 3.86. The molecule has 0 radical (unpaired) electrons. The van der Waals surface area contributed by atoms with E-state index in [2.05, 4.69) is 24.5 Å². The van der Waals surface area contributed by atoms with E-state index < -0.39 is 0 Å². The average molecular weight is 180 g/mol. The first-order chi connectivity index (χ1) is 6.27. The fraction of sp³-hybridized carbons (Fsp3) is 0.500. The summed E-state index contributed by atoms with van der Waals surface area (Å²) in [5.41, 5.74) is 5.26. The molecule has 0 aromatic heterocycles. The van der Waals surface area contributed by atoms with E-state index in [0.717, 1.165) is 19.1 Å². The topological polar surface area (TPSA) is 55.1 Å². The molecule has 0 heterocycles. The molecule has 13 heavy (non-hydrogen) atoms. The van der Waals surface area contributed by atoms with Crippen molar-refractivity contribution >= 4 is 6.29 Å². The Bertz CT molecular complexity index is 243. The molecule has 0 saturated heterocycles. The van der Waals surface area contributed by atoms with Gasteiger partial charge in [0, 0.05) is 12.5 Å². The van der Waals surface area contributed by atoms with E-state index in [9.17, 15) is 4.79 Å². The minimum atomic E-state index is 0.0156. The molecule has 0 amide bonds. The quantitative estimate of drug-likeness (QED) is 0.386. The number of carbonyl (C=O) groups is 1. The van der Waals surface area contributed by atoms with Crippen molar-refractivity contribution in [1.29, 1.82) is 0 Å². The largest absolute Gasteiger partial charge is 0.303 e. The van der Waals surface area contributed by atoms with Gasteiger partial charge in [0.25, 0.3) is 0 Å². The fourth-order valence-corrected chi connectivity index (χ4v) is 1.47. The molecule has 0 spiro atoms. The predicted molar refractivity (Wildman–Crippen MR) is 52.9 cm³/mol. The second-order valence-electron chi connectivity index (χ2n) is 3.38. The van der Waals surface area contributed by atoms with Crippen LogP contribution in [0, 0.1) is 0 Å². The van der Waals surface area contributed by atoms with Gasteiger partial charge in [0.1, 0.15) is 6.29 Å². The number of carbonyl (C=O) groups excluding carboxylic acids is 1. The van der Waals surface area contributed by atoms with Crippen LogP contribution in [0.5, 0.6) is 0 Å². The Balaban J connectivity index is 2.64. The number of hydrogen-bond donors (Lipinski definition) is 2. The normalized spacial score (nSPS) is 18.9. The minimum Gasteiger partial charge on any atom is -0.303 e. The van der Waals surface area contributed by atoms with E-state index in [1.807, 2.05) is 0 Å². The first-order valence-corrected chi connectivity index (χ1v) is 4.54. The lowest BCUT2D eigenvalue weighted by Crippen LogP contribution is -2.37. The van der Waals surface area contributed by atoms with Crippen LogP contribution in [0.1, 0.15) is 26.2 Å². The van der Waals surface area contributed by atoms with Gasteiger partial charge in [-0.15, -0.1) is 0 Å². The van der Waals surface area contributed by atoms with E-state index in [-0.39, 0.29) is 6.04 Å². The first-order valence-electron chi connectivity index (χ1n) is 4.54. The summed E-state index contributed by atoms with van der Waals surface area (Å²) in [7, 11) is 0. The summed E-state index contributed by atoms with van der Waals surface area (Å²) in [5.74, 6) is 5.35. The van der Waals surface area contributed by atoms with E-state index >= 15 is 0 Å². The number of aldehydes is 1. The molecule has 3 nitrogen and oxygen atoms in total. The number of allylic oxidation sites excluding steroid dienone is 3. The minimum absolute atomic E-state index is 0.0156. The molecule has 1 atom stereocenters. The molecule has 1 aliphatic carbocycles. The number of hydrazine groups is 1. The van der Waals surface area contributed by atoms with Crippen LogP contribution >= 0.6 is 0 Å². The third kappa shape index (κ3) is 2.79. The van der Waals surface area contributed by atoms with Crippen molar-refractivity contribution in [3.8, 4) is 0 Å². The third-order valence-corrected chi connectivity index (χ3v) is 2.37. The van der Waals surface area contributed by atoms with Gasteiger partial charge < -0.3 is 4.79 Å². The SMILES string of the molecule is CC1=CC=C(C(CC=O)NN)CC1. The summed E-state index contributed by atoms with van der Waals surface area (Å²) < 4.78 is 0. The second-order valence-corrected chi connectivity index (χ2v) is 3.38. The number of hydrogen-bond acceptors (Lipinski definition) is 3. The molecule has 0 bridgehead atoms. The lowest BCUT2D eigenvalue weighted by atomic mass is 9.93. The number of rotatable bonds is 4. The summed E-state index contributed by atoms with van der Waals surface area (Å²) in [6.45, 7) is 2.11. The molecule has 1 aliphatic rings. The molecule has 0 aromatic carbocycles. The molecule has 0 saturated carbocycles. The summed E-state index contributed by atoms with van der Waals surface area (Å²) in [6.07, 6.45) is 7.58. The van der Waals surface area contributed by atoms with Gasteiger partial charge in [-0.1, -0.05) is 23.3 Å². The van der Waals surface area contributed by atoms with Crippen molar-refractivity contribution in [2.45, 2.75) is 32.2 Å². The van der Waals surface area contributed by atoms with Crippen LogP contribution in [0.2, 0.25) is 0 Å². The third-order valence-electron chi connectivity index (χ3n) is 2.37. The summed E-state index contributed by atoms with van der Waals surface area (Å²) in [6, 6.07) is 0.0156. The van der Waals surface area contributed by atoms with Gasteiger partial charge in [0.15, 0.2) is 0 Å². The van der Waals surface area contributed by atoms with Crippen LogP contribution in [0.25, 0.3) is 0 Å². The standard InChI is InChI=1S/C10H16N2O/c1-8-2-4-9(5-3-8)10(12-11)6-7-13/h2,4,7,10,12H,3,5-6,11H2,1H3. The Labute approximate surface area is 78.7 Å².